The van der Waals surface area contributed by atoms with Crippen molar-refractivity contribution in [3.63, 3.8) is 0 Å². The van der Waals surface area contributed by atoms with Crippen molar-refractivity contribution < 1.29 is 31.9 Å². The van der Waals surface area contributed by atoms with Crippen LogP contribution in [0.5, 0.6) is 5.75 Å². The van der Waals surface area contributed by atoms with Gasteiger partial charge in [-0.2, -0.15) is 0 Å². The molecule has 2 aliphatic rings. The van der Waals surface area contributed by atoms with Crippen LogP contribution in [0.4, 0.5) is 18.9 Å². The van der Waals surface area contributed by atoms with Crippen molar-refractivity contribution in [2.45, 2.75) is 38.1 Å². The maximum atomic E-state index is 13.3. The van der Waals surface area contributed by atoms with Crippen LogP contribution in [-0.2, 0) is 11.2 Å². The second-order valence-electron chi connectivity index (χ2n) is 7.07. The molecule has 9 heteroatoms. The van der Waals surface area contributed by atoms with Crippen LogP contribution < -0.4 is 9.64 Å². The number of hydrogen-bond donors (Lipinski definition) is 0. The summed E-state index contributed by atoms with van der Waals surface area (Å²) in [5, 5.41) is 0. The van der Waals surface area contributed by atoms with E-state index in [1.807, 2.05) is 0 Å². The summed E-state index contributed by atoms with van der Waals surface area (Å²) in [5.74, 6) is -0.691. The van der Waals surface area contributed by atoms with Gasteiger partial charge in [0.05, 0.1) is 6.26 Å². The van der Waals surface area contributed by atoms with Gasteiger partial charge in [0.25, 0.3) is 5.91 Å². The number of alkyl halides is 3. The number of anilines is 1. The number of carbonyl (C=O) groups is 2. The normalized spacial score (nSPS) is 19.2. The Morgan fingerprint density at radius 1 is 1.14 bits per heavy atom. The van der Waals surface area contributed by atoms with Gasteiger partial charge in [0, 0.05) is 18.8 Å². The Labute approximate surface area is 164 Å². The molecule has 1 atom stereocenters. The second kappa shape index (κ2) is 7.46. The summed E-state index contributed by atoms with van der Waals surface area (Å²) in [4.78, 5) is 29.0. The van der Waals surface area contributed by atoms with E-state index in [2.05, 4.69) is 4.74 Å². The molecule has 4 rings (SSSR count). The van der Waals surface area contributed by atoms with Gasteiger partial charge in [-0.15, -0.1) is 13.2 Å². The predicted octanol–water partition coefficient (Wildman–Crippen LogP) is 3.76. The van der Waals surface area contributed by atoms with Gasteiger partial charge in [-0.05, 0) is 61.6 Å². The van der Waals surface area contributed by atoms with E-state index in [0.717, 1.165) is 0 Å². The molecule has 154 valence electrons. The van der Waals surface area contributed by atoms with E-state index in [0.29, 0.717) is 50.0 Å². The Bertz CT molecular complexity index is 911. The van der Waals surface area contributed by atoms with E-state index >= 15 is 0 Å². The standard InChI is InChI=1S/C20H19F3N2O4/c21-20(22,23)29-14-7-8-15-13(12-14)4-1-9-24(15)18(26)16-5-2-10-25(16)19(27)17-6-3-11-28-17/h3,6-8,11-12,16H,1-2,4-5,9-10H2/t16-/m1/s1. The monoisotopic (exact) mass is 408 g/mol. The minimum atomic E-state index is -4.77. The lowest BCUT2D eigenvalue weighted by atomic mass is 10.00. The van der Waals surface area contributed by atoms with E-state index < -0.39 is 12.4 Å². The van der Waals surface area contributed by atoms with Crippen LogP contribution >= 0.6 is 0 Å². The number of nitrogens with zero attached hydrogens (tertiary/aromatic N) is 2. The Morgan fingerprint density at radius 2 is 1.97 bits per heavy atom. The first kappa shape index (κ1) is 19.4. The molecule has 0 spiro atoms. The zero-order valence-electron chi connectivity index (χ0n) is 15.4. The summed E-state index contributed by atoms with van der Waals surface area (Å²) in [6.07, 6.45) is -0.966. The van der Waals surface area contributed by atoms with Crippen molar-refractivity contribution in [3.8, 4) is 5.75 Å². The molecule has 0 N–H and O–H groups in total. The molecule has 2 amide bonds. The van der Waals surface area contributed by atoms with Crippen LogP contribution in [0.25, 0.3) is 0 Å². The van der Waals surface area contributed by atoms with Crippen LogP contribution in [0, 0.1) is 0 Å². The van der Waals surface area contributed by atoms with E-state index in [1.165, 1.54) is 29.4 Å². The number of furan rings is 1. The molecule has 2 aromatic rings. The molecule has 3 heterocycles. The van der Waals surface area contributed by atoms with Gasteiger partial charge in [-0.1, -0.05) is 0 Å². The molecule has 0 saturated carbocycles. The molecule has 1 fully saturated rings. The number of halogens is 3. The zero-order valence-corrected chi connectivity index (χ0v) is 15.4. The first-order chi connectivity index (χ1) is 13.8. The number of fused-ring (bicyclic) bond motifs is 1. The number of likely N-dealkylation sites (tertiary alicyclic amines) is 1. The molecular weight excluding hydrogens is 389 g/mol. The largest absolute Gasteiger partial charge is 0.573 e. The fourth-order valence-electron chi connectivity index (χ4n) is 3.99. The first-order valence-corrected chi connectivity index (χ1v) is 9.38. The summed E-state index contributed by atoms with van der Waals surface area (Å²) in [6.45, 7) is 0.902. The number of carbonyl (C=O) groups excluding carboxylic acids is 2. The van der Waals surface area contributed by atoms with Crippen molar-refractivity contribution in [3.05, 3.63) is 47.9 Å². The molecule has 0 bridgehead atoms. The molecule has 6 nitrogen and oxygen atoms in total. The third-order valence-corrected chi connectivity index (χ3v) is 5.20. The molecule has 1 aromatic heterocycles. The highest BCUT2D eigenvalue weighted by molar-refractivity contribution is 6.02. The molecule has 0 aliphatic carbocycles. The number of benzene rings is 1. The zero-order chi connectivity index (χ0) is 20.6. The van der Waals surface area contributed by atoms with Gasteiger partial charge in [0.15, 0.2) is 5.76 Å². The predicted molar refractivity (Wildman–Crippen MR) is 96.6 cm³/mol. The van der Waals surface area contributed by atoms with Gasteiger partial charge < -0.3 is 19.0 Å². The molecule has 2 aliphatic heterocycles. The molecule has 0 unspecified atom stereocenters. The molecular formula is C20H19F3N2O4. The van der Waals surface area contributed by atoms with Crippen LogP contribution in [0.3, 0.4) is 0 Å². The van der Waals surface area contributed by atoms with E-state index in [4.69, 9.17) is 4.42 Å². The third-order valence-electron chi connectivity index (χ3n) is 5.20. The lowest BCUT2D eigenvalue weighted by Crippen LogP contribution is -2.49. The average Bonchev–Trinajstić information content (AvgIpc) is 3.37. The highest BCUT2D eigenvalue weighted by Gasteiger charge is 2.39. The van der Waals surface area contributed by atoms with Crippen LogP contribution in [0.2, 0.25) is 0 Å². The molecule has 1 saturated heterocycles. The average molecular weight is 408 g/mol. The second-order valence-corrected chi connectivity index (χ2v) is 7.07. The number of hydrogen-bond acceptors (Lipinski definition) is 4. The fourth-order valence-corrected chi connectivity index (χ4v) is 3.99. The van der Waals surface area contributed by atoms with Crippen LogP contribution in [0.1, 0.15) is 35.4 Å². The summed E-state index contributed by atoms with van der Waals surface area (Å²) in [5.41, 5.74) is 1.18. The number of aryl methyl sites for hydroxylation is 1. The van der Waals surface area contributed by atoms with Crippen molar-refractivity contribution in [1.29, 1.82) is 0 Å². The minimum Gasteiger partial charge on any atom is -0.459 e. The lowest BCUT2D eigenvalue weighted by Gasteiger charge is -2.34. The van der Waals surface area contributed by atoms with Crippen molar-refractivity contribution in [1.82, 2.24) is 4.90 Å². The van der Waals surface area contributed by atoms with Crippen molar-refractivity contribution in [2.75, 3.05) is 18.0 Å². The Morgan fingerprint density at radius 3 is 2.69 bits per heavy atom. The van der Waals surface area contributed by atoms with Gasteiger partial charge in [-0.25, -0.2) is 0 Å². The van der Waals surface area contributed by atoms with Gasteiger partial charge in [-0.3, -0.25) is 9.59 Å². The van der Waals surface area contributed by atoms with Gasteiger partial charge >= 0.3 is 6.36 Å². The fraction of sp³-hybridized carbons (Fsp3) is 0.400. The Kier molecular flexibility index (Phi) is 4.97. The Hall–Kier alpha value is -2.97. The maximum absolute atomic E-state index is 13.3. The highest BCUT2D eigenvalue weighted by atomic mass is 19.4. The third kappa shape index (κ3) is 3.94. The van der Waals surface area contributed by atoms with E-state index in [9.17, 15) is 22.8 Å². The topological polar surface area (TPSA) is 63.0 Å². The van der Waals surface area contributed by atoms with Crippen LogP contribution in [-0.4, -0.2) is 42.2 Å². The van der Waals surface area contributed by atoms with Crippen molar-refractivity contribution in [2.24, 2.45) is 0 Å². The molecule has 0 radical (unpaired) electrons. The van der Waals surface area contributed by atoms with Crippen molar-refractivity contribution >= 4 is 17.5 Å². The first-order valence-electron chi connectivity index (χ1n) is 9.38. The van der Waals surface area contributed by atoms with Crippen LogP contribution in [0.15, 0.2) is 41.0 Å². The van der Waals surface area contributed by atoms with E-state index in [-0.39, 0.29) is 23.3 Å². The summed E-state index contributed by atoms with van der Waals surface area (Å²) >= 11 is 0. The maximum Gasteiger partial charge on any atom is 0.573 e. The summed E-state index contributed by atoms with van der Waals surface area (Å²) in [6, 6.07) is 6.55. The summed E-state index contributed by atoms with van der Waals surface area (Å²) in [7, 11) is 0. The molecule has 1 aromatic carbocycles. The minimum absolute atomic E-state index is 0.178. The van der Waals surface area contributed by atoms with E-state index in [1.54, 1.807) is 17.0 Å². The van der Waals surface area contributed by atoms with Gasteiger partial charge in [0.1, 0.15) is 11.8 Å². The number of amides is 2. The highest BCUT2D eigenvalue weighted by Crippen LogP contribution is 2.34. The van der Waals surface area contributed by atoms with Gasteiger partial charge in [0.2, 0.25) is 5.91 Å². The number of ether oxygens (including phenoxy) is 1. The summed E-state index contributed by atoms with van der Waals surface area (Å²) < 4.78 is 46.6. The number of rotatable bonds is 3. The quantitative estimate of drug-likeness (QED) is 0.776. The lowest BCUT2D eigenvalue weighted by molar-refractivity contribution is -0.274. The Balaban J connectivity index is 1.56. The molecule has 29 heavy (non-hydrogen) atoms. The smallest absolute Gasteiger partial charge is 0.459 e. The SMILES string of the molecule is O=C([C@H]1CCCN1C(=O)c1ccco1)N1CCCc2cc(OC(F)(F)F)ccc21.